The summed E-state index contributed by atoms with van der Waals surface area (Å²) in [5.41, 5.74) is 2.03. The van der Waals surface area contributed by atoms with Crippen LogP contribution in [0.2, 0.25) is 0 Å². The lowest BCUT2D eigenvalue weighted by molar-refractivity contribution is -0.121. The minimum Gasteiger partial charge on any atom is -0.457 e. The lowest BCUT2D eigenvalue weighted by Crippen LogP contribution is -2.31. The predicted molar refractivity (Wildman–Crippen MR) is 82.5 cm³/mol. The summed E-state index contributed by atoms with van der Waals surface area (Å²) in [7, 11) is 0. The Bertz CT molecular complexity index is 606. The van der Waals surface area contributed by atoms with E-state index in [-0.39, 0.29) is 11.9 Å². The van der Waals surface area contributed by atoms with Gasteiger partial charge in [0, 0.05) is 17.5 Å². The van der Waals surface area contributed by atoms with Crippen molar-refractivity contribution in [1.29, 1.82) is 0 Å². The van der Waals surface area contributed by atoms with Gasteiger partial charge in [0.1, 0.15) is 11.5 Å². The van der Waals surface area contributed by atoms with Crippen LogP contribution < -0.4 is 10.1 Å². The van der Waals surface area contributed by atoms with Crippen LogP contribution in [-0.2, 0) is 4.79 Å². The number of ether oxygens (including phenoxy) is 1. The zero-order valence-corrected chi connectivity index (χ0v) is 12.1. The lowest BCUT2D eigenvalue weighted by atomic mass is 9.94. The second-order valence-corrected chi connectivity index (χ2v) is 5.28. The molecule has 1 aliphatic heterocycles. The van der Waals surface area contributed by atoms with Gasteiger partial charge in [-0.15, -0.1) is 0 Å². The molecule has 0 spiro atoms. The predicted octanol–water partition coefficient (Wildman–Crippen LogP) is 4.19. The van der Waals surface area contributed by atoms with Crippen LogP contribution in [0.4, 0.5) is 0 Å². The molecule has 1 heterocycles. The van der Waals surface area contributed by atoms with Gasteiger partial charge < -0.3 is 10.1 Å². The number of hydrogen-bond donors (Lipinski definition) is 1. The molecule has 0 aliphatic carbocycles. The smallest absolute Gasteiger partial charge is 0.220 e. The summed E-state index contributed by atoms with van der Waals surface area (Å²) >= 11 is 0. The monoisotopic (exact) mass is 281 g/mol. The molecule has 3 nitrogen and oxygen atoms in total. The van der Waals surface area contributed by atoms with Gasteiger partial charge in [0.05, 0.1) is 6.04 Å². The number of carbonyl (C=O) groups is 1. The molecule has 0 atom stereocenters. The Morgan fingerprint density at radius 2 is 1.62 bits per heavy atom. The van der Waals surface area contributed by atoms with Crippen molar-refractivity contribution in [2.75, 3.05) is 0 Å². The van der Waals surface area contributed by atoms with Gasteiger partial charge in [-0.2, -0.15) is 0 Å². The first-order valence-corrected chi connectivity index (χ1v) is 7.44. The second-order valence-electron chi connectivity index (χ2n) is 5.28. The second kappa shape index (κ2) is 6.00. The van der Waals surface area contributed by atoms with Gasteiger partial charge in [0.2, 0.25) is 5.91 Å². The van der Waals surface area contributed by atoms with Gasteiger partial charge >= 0.3 is 0 Å². The number of hydrogen-bond acceptors (Lipinski definition) is 2. The molecule has 3 heteroatoms. The third kappa shape index (κ3) is 2.77. The fourth-order valence-electron chi connectivity index (χ4n) is 2.64. The first-order chi connectivity index (χ1) is 10.3. The van der Waals surface area contributed by atoms with Crippen molar-refractivity contribution in [3.05, 3.63) is 59.7 Å². The number of nitrogens with one attached hydrogen (secondary N) is 1. The molecule has 0 bridgehead atoms. The number of rotatable bonds is 4. The maximum atomic E-state index is 12.1. The summed E-state index contributed by atoms with van der Waals surface area (Å²) in [6.45, 7) is 2.09. The number of para-hydroxylation sites is 2. The van der Waals surface area contributed by atoms with Crippen LogP contribution in [0.15, 0.2) is 48.5 Å². The van der Waals surface area contributed by atoms with Crippen molar-refractivity contribution < 1.29 is 9.53 Å². The molecule has 0 saturated heterocycles. The van der Waals surface area contributed by atoms with E-state index in [1.807, 2.05) is 48.5 Å². The number of carbonyl (C=O) groups excluding carboxylic acids is 1. The average Bonchev–Trinajstić information content (AvgIpc) is 2.52. The maximum absolute atomic E-state index is 12.1. The molecule has 21 heavy (non-hydrogen) atoms. The minimum absolute atomic E-state index is 0.0911. The normalized spacial score (nSPS) is 13.0. The lowest BCUT2D eigenvalue weighted by Gasteiger charge is -2.28. The molecule has 1 N–H and O–H groups in total. The summed E-state index contributed by atoms with van der Waals surface area (Å²) in [5.74, 6) is 1.72. The molecule has 1 amide bonds. The van der Waals surface area contributed by atoms with Crippen molar-refractivity contribution >= 4 is 5.91 Å². The molecule has 108 valence electrons. The van der Waals surface area contributed by atoms with Gasteiger partial charge in [0.15, 0.2) is 0 Å². The zero-order valence-electron chi connectivity index (χ0n) is 12.1. The summed E-state index contributed by atoms with van der Waals surface area (Å²) in [4.78, 5) is 12.1. The van der Waals surface area contributed by atoms with E-state index < -0.39 is 0 Å². The van der Waals surface area contributed by atoms with Crippen molar-refractivity contribution in [2.45, 2.75) is 32.2 Å². The fourth-order valence-corrected chi connectivity index (χ4v) is 2.64. The van der Waals surface area contributed by atoms with E-state index in [1.165, 1.54) is 0 Å². The Hall–Kier alpha value is -2.29. The summed E-state index contributed by atoms with van der Waals surface area (Å²) in [5, 5.41) is 3.15. The van der Waals surface area contributed by atoms with Gasteiger partial charge in [-0.1, -0.05) is 49.7 Å². The van der Waals surface area contributed by atoms with E-state index in [9.17, 15) is 4.79 Å². The Morgan fingerprint density at radius 1 is 1.05 bits per heavy atom. The highest BCUT2D eigenvalue weighted by Crippen LogP contribution is 2.42. The molecule has 0 unspecified atom stereocenters. The standard InChI is InChI=1S/C18H19NO2/c1-2-3-12-17(20)19-18-13-8-4-6-10-15(13)21-16-11-7-5-9-14(16)18/h4-11,18H,2-3,12H2,1H3,(H,19,20). The SMILES string of the molecule is CCCCC(=O)NC1c2ccccc2Oc2ccccc21. The van der Waals surface area contributed by atoms with Crippen LogP contribution >= 0.6 is 0 Å². The average molecular weight is 281 g/mol. The third-order valence-corrected chi connectivity index (χ3v) is 3.74. The minimum atomic E-state index is -0.129. The highest BCUT2D eigenvalue weighted by molar-refractivity contribution is 5.77. The Balaban J connectivity index is 1.93. The van der Waals surface area contributed by atoms with Gasteiger partial charge in [-0.25, -0.2) is 0 Å². The summed E-state index contributed by atoms with van der Waals surface area (Å²) in [6, 6.07) is 15.6. The number of unbranched alkanes of at least 4 members (excludes halogenated alkanes) is 1. The van der Waals surface area contributed by atoms with E-state index in [2.05, 4.69) is 12.2 Å². The Labute approximate surface area is 124 Å². The fraction of sp³-hybridized carbons (Fsp3) is 0.278. The molecule has 0 aromatic heterocycles. The molecule has 2 aromatic carbocycles. The molecule has 0 radical (unpaired) electrons. The zero-order chi connectivity index (χ0) is 14.7. The van der Waals surface area contributed by atoms with E-state index in [0.717, 1.165) is 35.5 Å². The topological polar surface area (TPSA) is 38.3 Å². The van der Waals surface area contributed by atoms with Crippen LogP contribution in [0, 0.1) is 0 Å². The van der Waals surface area contributed by atoms with Crippen molar-refractivity contribution in [1.82, 2.24) is 5.32 Å². The number of amides is 1. The van der Waals surface area contributed by atoms with Crippen LogP contribution in [0.5, 0.6) is 11.5 Å². The van der Waals surface area contributed by atoms with Gasteiger partial charge in [-0.05, 0) is 18.6 Å². The van der Waals surface area contributed by atoms with E-state index in [1.54, 1.807) is 0 Å². The van der Waals surface area contributed by atoms with Crippen LogP contribution in [0.1, 0.15) is 43.4 Å². The molecule has 2 aromatic rings. The maximum Gasteiger partial charge on any atom is 0.220 e. The Kier molecular flexibility index (Phi) is 3.91. The molecule has 3 rings (SSSR count). The van der Waals surface area contributed by atoms with Crippen LogP contribution in [0.25, 0.3) is 0 Å². The van der Waals surface area contributed by atoms with Crippen LogP contribution in [-0.4, -0.2) is 5.91 Å². The molecule has 0 saturated carbocycles. The number of fused-ring (bicyclic) bond motifs is 2. The molecular formula is C18H19NO2. The highest BCUT2D eigenvalue weighted by atomic mass is 16.5. The first-order valence-electron chi connectivity index (χ1n) is 7.44. The van der Waals surface area contributed by atoms with Crippen molar-refractivity contribution in [3.8, 4) is 11.5 Å². The van der Waals surface area contributed by atoms with E-state index in [0.29, 0.717) is 6.42 Å². The van der Waals surface area contributed by atoms with Crippen molar-refractivity contribution in [2.24, 2.45) is 0 Å². The Morgan fingerprint density at radius 3 is 2.19 bits per heavy atom. The largest absolute Gasteiger partial charge is 0.457 e. The van der Waals surface area contributed by atoms with Crippen LogP contribution in [0.3, 0.4) is 0 Å². The van der Waals surface area contributed by atoms with Gasteiger partial charge in [0.25, 0.3) is 0 Å². The highest BCUT2D eigenvalue weighted by Gasteiger charge is 2.27. The molecular weight excluding hydrogens is 262 g/mol. The third-order valence-electron chi connectivity index (χ3n) is 3.74. The number of benzene rings is 2. The van der Waals surface area contributed by atoms with E-state index in [4.69, 9.17) is 4.74 Å². The first kappa shape index (κ1) is 13.7. The quantitative estimate of drug-likeness (QED) is 0.912. The van der Waals surface area contributed by atoms with Crippen molar-refractivity contribution in [3.63, 3.8) is 0 Å². The molecule has 0 fully saturated rings. The summed E-state index contributed by atoms with van der Waals surface area (Å²) in [6.07, 6.45) is 2.50. The van der Waals surface area contributed by atoms with E-state index >= 15 is 0 Å². The van der Waals surface area contributed by atoms with Gasteiger partial charge in [-0.3, -0.25) is 4.79 Å². The molecule has 1 aliphatic rings. The summed E-state index contributed by atoms with van der Waals surface area (Å²) < 4.78 is 5.92.